The molecule has 0 saturated carbocycles. The summed E-state index contributed by atoms with van der Waals surface area (Å²) in [6.45, 7) is 4.10. The topological polar surface area (TPSA) is 67.8 Å². The summed E-state index contributed by atoms with van der Waals surface area (Å²) in [5.74, 6) is -0.680. The van der Waals surface area contributed by atoms with Crippen molar-refractivity contribution in [3.05, 3.63) is 76.9 Å². The van der Waals surface area contributed by atoms with Gasteiger partial charge < -0.3 is 4.74 Å². The molecule has 128 valence electrons. The molecule has 2 aromatic carbocycles. The van der Waals surface area contributed by atoms with Gasteiger partial charge in [-0.25, -0.2) is 10.2 Å². The van der Waals surface area contributed by atoms with Gasteiger partial charge in [0.1, 0.15) is 0 Å². The summed E-state index contributed by atoms with van der Waals surface area (Å²) in [6, 6.07) is 14.6. The number of ether oxygens (including phenoxy) is 1. The van der Waals surface area contributed by atoms with E-state index in [1.165, 1.54) is 17.9 Å². The van der Waals surface area contributed by atoms with Gasteiger partial charge in [-0.2, -0.15) is 5.10 Å². The number of rotatable bonds is 6. The summed E-state index contributed by atoms with van der Waals surface area (Å²) in [7, 11) is 0. The Morgan fingerprint density at radius 3 is 2.32 bits per heavy atom. The second-order valence-electron chi connectivity index (χ2n) is 5.32. The van der Waals surface area contributed by atoms with E-state index >= 15 is 0 Å². The minimum atomic E-state index is -0.361. The zero-order chi connectivity index (χ0) is 18.1. The molecule has 1 N–H and O–H groups in total. The number of benzene rings is 2. The summed E-state index contributed by atoms with van der Waals surface area (Å²) in [5.41, 5.74) is 5.77. The minimum absolute atomic E-state index is 0.319. The summed E-state index contributed by atoms with van der Waals surface area (Å²) >= 11 is 0. The van der Waals surface area contributed by atoms with E-state index in [2.05, 4.69) is 10.5 Å². The highest BCUT2D eigenvalue weighted by molar-refractivity contribution is 5.93. The number of amides is 1. The molecule has 0 fully saturated rings. The van der Waals surface area contributed by atoms with Gasteiger partial charge in [0.25, 0.3) is 5.91 Å². The Morgan fingerprint density at radius 1 is 1.04 bits per heavy atom. The molecule has 0 aliphatic heterocycles. The summed E-state index contributed by atoms with van der Waals surface area (Å²) in [6.07, 6.45) is 4.65. The number of nitrogens with one attached hydrogen (secondary N) is 1. The normalized spacial score (nSPS) is 11.0. The van der Waals surface area contributed by atoms with E-state index < -0.39 is 0 Å². The Hall–Kier alpha value is -3.21. The third kappa shape index (κ3) is 6.06. The number of carbonyl (C=O) groups is 2. The molecule has 0 aliphatic rings. The zero-order valence-corrected chi connectivity index (χ0v) is 14.2. The fourth-order valence-corrected chi connectivity index (χ4v) is 1.98. The standard InChI is InChI=1S/C20H20N2O3/c1-3-25-20(24)18-11-8-17(9-12-18)14-21-22-19(23)13-10-16-6-4-15(2)5-7-16/h4-14H,3H2,1-2H3,(H,22,23). The van der Waals surface area contributed by atoms with Crippen LogP contribution >= 0.6 is 0 Å². The SMILES string of the molecule is CCOC(=O)c1ccc(C=NNC(=O)C=Cc2ccc(C)cc2)cc1. The lowest BCUT2D eigenvalue weighted by molar-refractivity contribution is -0.116. The highest BCUT2D eigenvalue weighted by atomic mass is 16.5. The van der Waals surface area contributed by atoms with Crippen molar-refractivity contribution >= 4 is 24.2 Å². The number of hydrazone groups is 1. The van der Waals surface area contributed by atoms with Crippen LogP contribution in [0.3, 0.4) is 0 Å². The Balaban J connectivity index is 1.86. The average molecular weight is 336 g/mol. The van der Waals surface area contributed by atoms with Gasteiger partial charge >= 0.3 is 5.97 Å². The Kier molecular flexibility index (Phi) is 6.65. The number of hydrogen-bond acceptors (Lipinski definition) is 4. The number of nitrogens with zero attached hydrogens (tertiary/aromatic N) is 1. The molecule has 5 heteroatoms. The van der Waals surface area contributed by atoms with Gasteiger partial charge in [0.2, 0.25) is 0 Å². The lowest BCUT2D eigenvalue weighted by Crippen LogP contribution is -2.14. The molecule has 0 bridgehead atoms. The third-order valence-corrected chi connectivity index (χ3v) is 3.31. The molecule has 0 unspecified atom stereocenters. The molecule has 0 aromatic heterocycles. The van der Waals surface area contributed by atoms with Gasteiger partial charge in [0, 0.05) is 6.08 Å². The van der Waals surface area contributed by atoms with Crippen molar-refractivity contribution in [1.29, 1.82) is 0 Å². The largest absolute Gasteiger partial charge is 0.462 e. The van der Waals surface area contributed by atoms with Crippen LogP contribution in [0.15, 0.2) is 59.7 Å². The van der Waals surface area contributed by atoms with Crippen LogP contribution in [-0.2, 0) is 9.53 Å². The van der Waals surface area contributed by atoms with E-state index in [0.29, 0.717) is 12.2 Å². The summed E-state index contributed by atoms with van der Waals surface area (Å²) < 4.78 is 4.91. The first-order valence-electron chi connectivity index (χ1n) is 7.93. The lowest BCUT2D eigenvalue weighted by Gasteiger charge is -2.01. The van der Waals surface area contributed by atoms with E-state index in [9.17, 15) is 9.59 Å². The molecular formula is C20H20N2O3. The van der Waals surface area contributed by atoms with Gasteiger partial charge in [0.05, 0.1) is 18.4 Å². The highest BCUT2D eigenvalue weighted by Gasteiger charge is 2.04. The van der Waals surface area contributed by atoms with Crippen LogP contribution in [0.5, 0.6) is 0 Å². The average Bonchev–Trinajstić information content (AvgIpc) is 2.62. The Labute approximate surface area is 147 Å². The van der Waals surface area contributed by atoms with Crippen molar-refractivity contribution in [2.24, 2.45) is 5.10 Å². The monoisotopic (exact) mass is 336 g/mol. The molecule has 2 rings (SSSR count). The molecule has 0 aliphatic carbocycles. The van der Waals surface area contributed by atoms with Crippen LogP contribution in [0.2, 0.25) is 0 Å². The van der Waals surface area contributed by atoms with Crippen LogP contribution in [0, 0.1) is 6.92 Å². The number of carbonyl (C=O) groups excluding carboxylic acids is 2. The zero-order valence-electron chi connectivity index (χ0n) is 14.2. The Morgan fingerprint density at radius 2 is 1.68 bits per heavy atom. The second-order valence-corrected chi connectivity index (χ2v) is 5.32. The molecule has 0 spiro atoms. The smallest absolute Gasteiger partial charge is 0.338 e. The van der Waals surface area contributed by atoms with Gasteiger partial charge in [-0.05, 0) is 43.2 Å². The molecule has 0 heterocycles. The first-order valence-corrected chi connectivity index (χ1v) is 7.93. The maximum absolute atomic E-state index is 11.7. The lowest BCUT2D eigenvalue weighted by atomic mass is 10.1. The maximum Gasteiger partial charge on any atom is 0.338 e. The van der Waals surface area contributed by atoms with Crippen molar-refractivity contribution in [1.82, 2.24) is 5.43 Å². The van der Waals surface area contributed by atoms with Crippen molar-refractivity contribution in [3.8, 4) is 0 Å². The molecule has 0 radical (unpaired) electrons. The van der Waals surface area contributed by atoms with Crippen molar-refractivity contribution in [3.63, 3.8) is 0 Å². The molecule has 1 amide bonds. The molecule has 5 nitrogen and oxygen atoms in total. The molecule has 0 atom stereocenters. The summed E-state index contributed by atoms with van der Waals surface area (Å²) in [5, 5.41) is 3.89. The molecule has 25 heavy (non-hydrogen) atoms. The fraction of sp³-hybridized carbons (Fsp3) is 0.150. The quantitative estimate of drug-likeness (QED) is 0.381. The Bertz CT molecular complexity index is 776. The fourth-order valence-electron chi connectivity index (χ4n) is 1.98. The molecular weight excluding hydrogens is 316 g/mol. The van der Waals surface area contributed by atoms with Crippen molar-refractivity contribution < 1.29 is 14.3 Å². The first-order chi connectivity index (χ1) is 12.1. The van der Waals surface area contributed by atoms with Crippen LogP contribution in [0.1, 0.15) is 34.0 Å². The third-order valence-electron chi connectivity index (χ3n) is 3.31. The van der Waals surface area contributed by atoms with Gasteiger partial charge in [-0.3, -0.25) is 4.79 Å². The second kappa shape index (κ2) is 9.17. The van der Waals surface area contributed by atoms with E-state index in [1.807, 2.05) is 31.2 Å². The van der Waals surface area contributed by atoms with Crippen molar-refractivity contribution in [2.45, 2.75) is 13.8 Å². The predicted octanol–water partition coefficient (Wildman–Crippen LogP) is 3.34. The first kappa shape index (κ1) is 18.1. The number of hydrogen-bond donors (Lipinski definition) is 1. The number of aryl methyl sites for hydroxylation is 1. The molecule has 2 aromatic rings. The van der Waals surface area contributed by atoms with E-state index in [0.717, 1.165) is 11.1 Å². The van der Waals surface area contributed by atoms with Crippen LogP contribution in [-0.4, -0.2) is 24.7 Å². The van der Waals surface area contributed by atoms with Crippen LogP contribution < -0.4 is 5.43 Å². The number of esters is 1. The van der Waals surface area contributed by atoms with Gasteiger partial charge in [-0.15, -0.1) is 0 Å². The highest BCUT2D eigenvalue weighted by Crippen LogP contribution is 2.05. The van der Waals surface area contributed by atoms with Crippen LogP contribution in [0.4, 0.5) is 0 Å². The van der Waals surface area contributed by atoms with E-state index in [4.69, 9.17) is 4.74 Å². The maximum atomic E-state index is 11.7. The predicted molar refractivity (Wildman–Crippen MR) is 98.3 cm³/mol. The molecule has 0 saturated heterocycles. The van der Waals surface area contributed by atoms with Crippen molar-refractivity contribution in [2.75, 3.05) is 6.61 Å². The van der Waals surface area contributed by atoms with Gasteiger partial charge in [-0.1, -0.05) is 42.0 Å². The van der Waals surface area contributed by atoms with Crippen LogP contribution in [0.25, 0.3) is 6.08 Å². The van der Waals surface area contributed by atoms with E-state index in [-0.39, 0.29) is 11.9 Å². The van der Waals surface area contributed by atoms with E-state index in [1.54, 1.807) is 37.3 Å². The summed E-state index contributed by atoms with van der Waals surface area (Å²) in [4.78, 5) is 23.3. The van der Waals surface area contributed by atoms with Gasteiger partial charge in [0.15, 0.2) is 0 Å². The minimum Gasteiger partial charge on any atom is -0.462 e.